The molecule has 12 heteroatoms. The molecule has 35 heavy (non-hydrogen) atoms. The summed E-state index contributed by atoms with van der Waals surface area (Å²) in [6.45, 7) is 1.85. The van der Waals surface area contributed by atoms with E-state index in [1.165, 1.54) is 36.4 Å². The van der Waals surface area contributed by atoms with E-state index in [4.69, 9.17) is 5.73 Å². The number of nitrogens with zero attached hydrogens (tertiary/aromatic N) is 2. The number of benzene rings is 4. The second-order valence-corrected chi connectivity index (χ2v) is 10.8. The first-order valence-corrected chi connectivity index (χ1v) is 12.8. The van der Waals surface area contributed by atoms with E-state index in [0.717, 1.165) is 17.7 Å². The maximum Gasteiger partial charge on any atom is 0.294 e. The van der Waals surface area contributed by atoms with Crippen LogP contribution in [0.5, 0.6) is 5.75 Å². The smallest absolute Gasteiger partial charge is 0.294 e. The summed E-state index contributed by atoms with van der Waals surface area (Å²) in [6, 6.07) is 17.3. The molecular weight excluding hydrogens is 501 g/mol. The molecule has 0 heterocycles. The largest absolute Gasteiger partial charge is 0.507 e. The number of fused-ring (bicyclic) bond motifs is 1. The number of hydrogen-bond donors (Lipinski definition) is 3. The molecule has 0 unspecified atom stereocenters. The molecule has 1 radical (unpaired) electrons. The average molecular weight is 521 g/mol. The van der Waals surface area contributed by atoms with E-state index in [9.17, 15) is 26.5 Å². The number of sulfone groups is 1. The van der Waals surface area contributed by atoms with Crippen LogP contribution in [0.4, 0.5) is 17.1 Å². The van der Waals surface area contributed by atoms with Gasteiger partial charge in [-0.25, -0.2) is 8.42 Å². The summed E-state index contributed by atoms with van der Waals surface area (Å²) in [5.41, 5.74) is 7.11. The van der Waals surface area contributed by atoms with Gasteiger partial charge in [0.2, 0.25) is 9.84 Å². The molecule has 0 atom stereocenters. The minimum atomic E-state index is -4.56. The Kier molecular flexibility index (Phi) is 7.70. The first kappa shape index (κ1) is 26.8. The second-order valence-electron chi connectivity index (χ2n) is 7.50. The molecule has 0 saturated carbocycles. The normalized spacial score (nSPS) is 12.1. The number of aromatic hydroxyl groups is 1. The minimum absolute atomic E-state index is 0. The molecule has 4 aromatic rings. The van der Waals surface area contributed by atoms with Gasteiger partial charge in [0.1, 0.15) is 17.1 Å². The number of azo groups is 1. The third-order valence-electron chi connectivity index (χ3n) is 5.12. The molecule has 0 fully saturated rings. The fourth-order valence-electron chi connectivity index (χ4n) is 3.39. The van der Waals surface area contributed by atoms with Gasteiger partial charge in [0.25, 0.3) is 10.1 Å². The van der Waals surface area contributed by atoms with Crippen molar-refractivity contribution in [3.8, 4) is 5.75 Å². The van der Waals surface area contributed by atoms with Gasteiger partial charge in [-0.05, 0) is 48.7 Å². The zero-order chi connectivity index (χ0) is 24.7. The molecule has 0 spiro atoms. The summed E-state index contributed by atoms with van der Waals surface area (Å²) in [4.78, 5) is -0.472. The van der Waals surface area contributed by atoms with Gasteiger partial charge >= 0.3 is 0 Å². The van der Waals surface area contributed by atoms with Crippen molar-refractivity contribution in [1.82, 2.24) is 0 Å². The van der Waals surface area contributed by atoms with E-state index in [1.54, 1.807) is 24.3 Å². The van der Waals surface area contributed by atoms with Gasteiger partial charge in [-0.2, -0.15) is 8.42 Å². The van der Waals surface area contributed by atoms with Gasteiger partial charge in [-0.1, -0.05) is 35.9 Å². The molecule has 4 rings (SSSR count). The first-order chi connectivity index (χ1) is 16.0. The first-order valence-electron chi connectivity index (χ1n) is 9.84. The Labute approximate surface area is 224 Å². The van der Waals surface area contributed by atoms with Crippen LogP contribution in [0, 0.1) is 6.92 Å². The van der Waals surface area contributed by atoms with Crippen LogP contribution in [0.2, 0.25) is 0 Å². The molecule has 0 saturated heterocycles. The van der Waals surface area contributed by atoms with E-state index >= 15 is 0 Å². The predicted octanol–water partition coefficient (Wildman–Crippen LogP) is 4.55. The van der Waals surface area contributed by atoms with Crippen LogP contribution in [-0.2, 0) is 20.0 Å². The Morgan fingerprint density at radius 3 is 2.14 bits per heavy atom. The van der Waals surface area contributed by atoms with Crippen molar-refractivity contribution in [2.75, 3.05) is 5.73 Å². The third kappa shape index (κ3) is 5.40. The van der Waals surface area contributed by atoms with E-state index < -0.39 is 30.6 Å². The number of anilines is 1. The Morgan fingerprint density at radius 2 is 1.49 bits per heavy atom. The maximum absolute atomic E-state index is 13.2. The molecule has 0 aliphatic rings. The number of nitrogens with two attached hydrogens (primary N) is 1. The van der Waals surface area contributed by atoms with Crippen LogP contribution in [0.1, 0.15) is 5.56 Å². The van der Waals surface area contributed by atoms with Crippen LogP contribution < -0.4 is 5.73 Å². The third-order valence-corrected chi connectivity index (χ3v) is 7.76. The Hall–Kier alpha value is -2.80. The van der Waals surface area contributed by atoms with Crippen LogP contribution in [0.3, 0.4) is 0 Å². The van der Waals surface area contributed by atoms with Crippen molar-refractivity contribution in [1.29, 1.82) is 0 Å². The van der Waals surface area contributed by atoms with Crippen molar-refractivity contribution >= 4 is 77.3 Å². The number of nitrogen functional groups attached to an aromatic ring is 1. The van der Waals surface area contributed by atoms with Crippen LogP contribution >= 0.6 is 0 Å². The summed E-state index contributed by atoms with van der Waals surface area (Å²) >= 11 is 0. The fraction of sp³-hybridized carbons (Fsp3) is 0.0435. The van der Waals surface area contributed by atoms with Gasteiger partial charge in [0, 0.05) is 35.6 Å². The van der Waals surface area contributed by atoms with E-state index in [0.29, 0.717) is 0 Å². The van der Waals surface area contributed by atoms with Crippen LogP contribution in [-0.4, -0.2) is 56.1 Å². The standard InChI is InChI=1S/C23H19N3O6S2.Na/c1-14-6-9-16(10-7-14)33(28,29)21-5-3-2-4-19(21)25-26-23-18(24)11-8-15-12-17(34(30,31)32)13-20(27)22(15)23;/h2-13,27H,24H2,1H3,(H,30,31,32);. The Morgan fingerprint density at radius 1 is 0.829 bits per heavy atom. The molecule has 9 nitrogen and oxygen atoms in total. The Balaban J connectivity index is 0.00000342. The molecule has 0 bridgehead atoms. The number of hydrogen-bond acceptors (Lipinski definition) is 8. The van der Waals surface area contributed by atoms with Gasteiger partial charge < -0.3 is 10.8 Å². The van der Waals surface area contributed by atoms with Gasteiger partial charge in [-0.3, -0.25) is 4.55 Å². The van der Waals surface area contributed by atoms with Crippen molar-refractivity contribution in [3.05, 3.63) is 78.4 Å². The zero-order valence-electron chi connectivity index (χ0n) is 18.7. The molecule has 4 N–H and O–H groups in total. The van der Waals surface area contributed by atoms with E-state index in [1.807, 2.05) is 6.92 Å². The van der Waals surface area contributed by atoms with Crippen molar-refractivity contribution in [3.63, 3.8) is 0 Å². The Bertz CT molecular complexity index is 1670. The monoisotopic (exact) mass is 520 g/mol. The van der Waals surface area contributed by atoms with Crippen molar-refractivity contribution in [2.24, 2.45) is 10.2 Å². The quantitative estimate of drug-likeness (QED) is 0.151. The number of phenols is 1. The van der Waals surface area contributed by atoms with E-state index in [-0.39, 0.29) is 67.2 Å². The molecule has 0 amide bonds. The van der Waals surface area contributed by atoms with Crippen molar-refractivity contribution < 1.29 is 26.5 Å². The zero-order valence-corrected chi connectivity index (χ0v) is 22.4. The minimum Gasteiger partial charge on any atom is -0.507 e. The van der Waals surface area contributed by atoms with Crippen LogP contribution in [0.25, 0.3) is 10.8 Å². The number of aryl methyl sites for hydroxylation is 1. The van der Waals surface area contributed by atoms with Gasteiger partial charge in [0.15, 0.2) is 0 Å². The summed E-state index contributed by atoms with van der Waals surface area (Å²) < 4.78 is 58.7. The summed E-state index contributed by atoms with van der Waals surface area (Å²) in [5, 5.41) is 19.0. The molecule has 175 valence electrons. The van der Waals surface area contributed by atoms with Gasteiger partial charge in [-0.15, -0.1) is 10.2 Å². The molecule has 4 aromatic carbocycles. The second kappa shape index (κ2) is 10.1. The summed E-state index contributed by atoms with van der Waals surface area (Å²) in [5.74, 6) is -0.494. The number of rotatable bonds is 5. The number of phenolic OH excluding ortho intramolecular Hbond substituents is 1. The van der Waals surface area contributed by atoms with Gasteiger partial charge in [0.05, 0.1) is 25.8 Å². The fourth-order valence-corrected chi connectivity index (χ4v) is 5.31. The SMILES string of the molecule is Cc1ccc(S(=O)(=O)c2ccccc2N=Nc2c(N)ccc3cc(S(=O)(=O)O)cc(O)c23)cc1.[Na]. The molecule has 0 aliphatic carbocycles. The summed E-state index contributed by atoms with van der Waals surface area (Å²) in [6.07, 6.45) is 0. The van der Waals surface area contributed by atoms with Crippen molar-refractivity contribution in [2.45, 2.75) is 21.6 Å². The average Bonchev–Trinajstić information content (AvgIpc) is 2.78. The summed E-state index contributed by atoms with van der Waals surface area (Å²) in [7, 11) is -8.46. The molecular formula is C23H19N3NaO6S2. The molecule has 0 aliphatic heterocycles. The predicted molar refractivity (Wildman–Crippen MR) is 133 cm³/mol. The van der Waals surface area contributed by atoms with Crippen LogP contribution in [0.15, 0.2) is 97.7 Å². The molecule has 0 aromatic heterocycles. The van der Waals surface area contributed by atoms with E-state index in [2.05, 4.69) is 10.2 Å². The topological polar surface area (TPSA) is 159 Å². The maximum atomic E-state index is 13.2.